The van der Waals surface area contributed by atoms with Crippen molar-refractivity contribution in [2.75, 3.05) is 6.54 Å². The SMILES string of the molecule is CCC(O)(CC)CNC(=O)C=Cc1c(C)nn(C)c1Cl. The molecule has 20 heavy (non-hydrogen) atoms. The van der Waals surface area contributed by atoms with E-state index in [9.17, 15) is 9.90 Å². The van der Waals surface area contributed by atoms with E-state index in [0.717, 1.165) is 11.3 Å². The maximum absolute atomic E-state index is 11.7. The second-order valence-corrected chi connectivity index (χ2v) is 5.25. The van der Waals surface area contributed by atoms with Crippen molar-refractivity contribution in [2.24, 2.45) is 7.05 Å². The monoisotopic (exact) mass is 299 g/mol. The van der Waals surface area contributed by atoms with Crippen LogP contribution in [-0.2, 0) is 11.8 Å². The van der Waals surface area contributed by atoms with E-state index in [-0.39, 0.29) is 12.5 Å². The standard InChI is InChI=1S/C14H22ClN3O2/c1-5-14(20,6-2)9-16-12(19)8-7-11-10(3)17-18(4)13(11)15/h7-8,20H,5-6,9H2,1-4H3,(H,16,19). The molecule has 0 bridgehead atoms. The largest absolute Gasteiger partial charge is 0.388 e. The number of carbonyl (C=O) groups excluding carboxylic acids is 1. The summed E-state index contributed by atoms with van der Waals surface area (Å²) in [5, 5.41) is 17.4. The van der Waals surface area contributed by atoms with Gasteiger partial charge in [0.25, 0.3) is 0 Å². The molecule has 0 aromatic carbocycles. The molecule has 0 fully saturated rings. The number of aliphatic hydroxyl groups is 1. The van der Waals surface area contributed by atoms with Crippen LogP contribution in [0.25, 0.3) is 6.08 Å². The van der Waals surface area contributed by atoms with Gasteiger partial charge in [0.15, 0.2) is 0 Å². The fourth-order valence-corrected chi connectivity index (χ4v) is 2.04. The van der Waals surface area contributed by atoms with Gasteiger partial charge in [0.1, 0.15) is 5.15 Å². The molecule has 0 spiro atoms. The van der Waals surface area contributed by atoms with Crippen molar-refractivity contribution in [3.05, 3.63) is 22.5 Å². The van der Waals surface area contributed by atoms with Crippen LogP contribution in [0.1, 0.15) is 37.9 Å². The van der Waals surface area contributed by atoms with E-state index >= 15 is 0 Å². The Balaban J connectivity index is 2.65. The van der Waals surface area contributed by atoms with Crippen LogP contribution in [0.15, 0.2) is 6.08 Å². The molecule has 1 heterocycles. The summed E-state index contributed by atoms with van der Waals surface area (Å²) in [6.45, 7) is 5.85. The van der Waals surface area contributed by atoms with E-state index in [4.69, 9.17) is 11.6 Å². The Hall–Kier alpha value is -1.33. The quantitative estimate of drug-likeness (QED) is 0.790. The average Bonchev–Trinajstić information content (AvgIpc) is 2.67. The highest BCUT2D eigenvalue weighted by Gasteiger charge is 2.22. The predicted octanol–water partition coefficient (Wildman–Crippen LogP) is 2.06. The van der Waals surface area contributed by atoms with Crippen molar-refractivity contribution in [3.63, 3.8) is 0 Å². The minimum atomic E-state index is -0.842. The van der Waals surface area contributed by atoms with Gasteiger partial charge in [-0.1, -0.05) is 25.4 Å². The molecule has 2 N–H and O–H groups in total. The van der Waals surface area contributed by atoms with Gasteiger partial charge in [-0.05, 0) is 25.8 Å². The van der Waals surface area contributed by atoms with Gasteiger partial charge in [-0.3, -0.25) is 9.48 Å². The van der Waals surface area contributed by atoms with Gasteiger partial charge in [0.2, 0.25) is 5.91 Å². The van der Waals surface area contributed by atoms with E-state index < -0.39 is 5.60 Å². The lowest BCUT2D eigenvalue weighted by molar-refractivity contribution is -0.117. The summed E-state index contributed by atoms with van der Waals surface area (Å²) in [4.78, 5) is 11.7. The van der Waals surface area contributed by atoms with E-state index in [1.807, 2.05) is 20.8 Å². The first-order valence-electron chi connectivity index (χ1n) is 6.70. The van der Waals surface area contributed by atoms with Crippen molar-refractivity contribution in [3.8, 4) is 0 Å². The van der Waals surface area contributed by atoms with Crippen molar-refractivity contribution in [2.45, 2.75) is 39.2 Å². The number of nitrogens with zero attached hydrogens (tertiary/aromatic N) is 2. The van der Waals surface area contributed by atoms with Crippen LogP contribution in [-0.4, -0.2) is 32.9 Å². The van der Waals surface area contributed by atoms with Crippen molar-refractivity contribution >= 4 is 23.6 Å². The third kappa shape index (κ3) is 4.08. The molecular weight excluding hydrogens is 278 g/mol. The molecule has 5 nitrogen and oxygen atoms in total. The molecule has 1 aromatic heterocycles. The lowest BCUT2D eigenvalue weighted by atomic mass is 9.98. The van der Waals surface area contributed by atoms with Gasteiger partial charge >= 0.3 is 0 Å². The number of rotatable bonds is 6. The lowest BCUT2D eigenvalue weighted by Crippen LogP contribution is -2.41. The van der Waals surface area contributed by atoms with Crippen LogP contribution in [0.4, 0.5) is 0 Å². The Morgan fingerprint density at radius 1 is 1.50 bits per heavy atom. The van der Waals surface area contributed by atoms with Crippen LogP contribution >= 0.6 is 11.6 Å². The zero-order valence-electron chi connectivity index (χ0n) is 12.4. The normalized spacial score (nSPS) is 12.1. The Labute approximate surface area is 124 Å². The number of halogens is 1. The third-order valence-corrected chi connectivity index (χ3v) is 3.95. The fourth-order valence-electron chi connectivity index (χ4n) is 1.81. The van der Waals surface area contributed by atoms with Gasteiger partial charge in [0.05, 0.1) is 11.3 Å². The number of aromatic nitrogens is 2. The van der Waals surface area contributed by atoms with Crippen LogP contribution in [0.5, 0.6) is 0 Å². The molecular formula is C14H22ClN3O2. The number of hydrogen-bond donors (Lipinski definition) is 2. The highest BCUT2D eigenvalue weighted by atomic mass is 35.5. The van der Waals surface area contributed by atoms with Gasteiger partial charge in [-0.2, -0.15) is 5.10 Å². The number of amides is 1. The summed E-state index contributed by atoms with van der Waals surface area (Å²) < 4.78 is 1.56. The van der Waals surface area contributed by atoms with Gasteiger partial charge < -0.3 is 10.4 Å². The Bertz CT molecular complexity index is 505. The summed E-state index contributed by atoms with van der Waals surface area (Å²) in [5.74, 6) is -0.260. The maximum atomic E-state index is 11.7. The molecule has 0 aliphatic heterocycles. The van der Waals surface area contributed by atoms with Crippen LogP contribution < -0.4 is 5.32 Å². The molecule has 0 aliphatic rings. The first-order valence-corrected chi connectivity index (χ1v) is 7.08. The van der Waals surface area contributed by atoms with Crippen LogP contribution in [0, 0.1) is 6.92 Å². The number of hydrogen-bond acceptors (Lipinski definition) is 3. The molecule has 0 radical (unpaired) electrons. The first kappa shape index (κ1) is 16.7. The molecule has 0 saturated carbocycles. The van der Waals surface area contributed by atoms with Crippen molar-refractivity contribution < 1.29 is 9.90 Å². The summed E-state index contributed by atoms with van der Waals surface area (Å²) >= 11 is 6.07. The smallest absolute Gasteiger partial charge is 0.244 e. The highest BCUT2D eigenvalue weighted by molar-refractivity contribution is 6.31. The second-order valence-electron chi connectivity index (χ2n) is 4.90. The van der Waals surface area contributed by atoms with E-state index in [2.05, 4.69) is 10.4 Å². The summed E-state index contributed by atoms with van der Waals surface area (Å²) in [7, 11) is 1.75. The van der Waals surface area contributed by atoms with Crippen LogP contribution in [0.3, 0.4) is 0 Å². The second kappa shape index (κ2) is 6.90. The first-order chi connectivity index (χ1) is 9.33. The third-order valence-electron chi connectivity index (χ3n) is 3.51. The minimum absolute atomic E-state index is 0.239. The molecule has 0 aliphatic carbocycles. The topological polar surface area (TPSA) is 67.2 Å². The average molecular weight is 300 g/mol. The van der Waals surface area contributed by atoms with Crippen LogP contribution in [0.2, 0.25) is 5.15 Å². The molecule has 1 aromatic rings. The van der Waals surface area contributed by atoms with E-state index in [0.29, 0.717) is 18.0 Å². The molecule has 0 atom stereocenters. The number of nitrogens with one attached hydrogen (secondary N) is 1. The zero-order chi connectivity index (χ0) is 15.3. The number of carbonyl (C=O) groups is 1. The molecule has 0 saturated heterocycles. The molecule has 6 heteroatoms. The molecule has 112 valence electrons. The Morgan fingerprint density at radius 3 is 2.55 bits per heavy atom. The zero-order valence-corrected chi connectivity index (χ0v) is 13.2. The highest BCUT2D eigenvalue weighted by Crippen LogP contribution is 2.19. The summed E-state index contributed by atoms with van der Waals surface area (Å²) in [5.41, 5.74) is 0.650. The van der Waals surface area contributed by atoms with Gasteiger partial charge in [0, 0.05) is 25.2 Å². The minimum Gasteiger partial charge on any atom is -0.388 e. The van der Waals surface area contributed by atoms with Crippen molar-refractivity contribution in [1.29, 1.82) is 0 Å². The number of aryl methyl sites for hydroxylation is 2. The van der Waals surface area contributed by atoms with Gasteiger partial charge in [-0.15, -0.1) is 0 Å². The predicted molar refractivity (Wildman–Crippen MR) is 80.5 cm³/mol. The molecule has 0 unspecified atom stereocenters. The Morgan fingerprint density at radius 2 is 2.10 bits per heavy atom. The molecule has 1 rings (SSSR count). The Kier molecular flexibility index (Phi) is 5.77. The van der Waals surface area contributed by atoms with E-state index in [1.165, 1.54) is 6.08 Å². The maximum Gasteiger partial charge on any atom is 0.244 e. The molecule has 1 amide bonds. The lowest BCUT2D eigenvalue weighted by Gasteiger charge is -2.24. The van der Waals surface area contributed by atoms with Crippen molar-refractivity contribution in [1.82, 2.24) is 15.1 Å². The van der Waals surface area contributed by atoms with E-state index in [1.54, 1.807) is 17.8 Å². The fraction of sp³-hybridized carbons (Fsp3) is 0.571. The summed E-state index contributed by atoms with van der Waals surface area (Å²) in [6, 6.07) is 0. The summed E-state index contributed by atoms with van der Waals surface area (Å²) in [6.07, 6.45) is 4.24. The van der Waals surface area contributed by atoms with Gasteiger partial charge in [-0.25, -0.2) is 0 Å².